The Morgan fingerprint density at radius 2 is 1.30 bits per heavy atom. The first-order valence-electron chi connectivity index (χ1n) is 7.77. The number of nitrogens with one attached hydrogen (secondary N) is 2. The van der Waals surface area contributed by atoms with E-state index >= 15 is 0 Å². The average molecular weight is 310 g/mol. The van der Waals surface area contributed by atoms with Gasteiger partial charge in [-0.15, -0.1) is 0 Å². The van der Waals surface area contributed by atoms with Gasteiger partial charge in [0, 0.05) is 25.4 Å². The van der Waals surface area contributed by atoms with Crippen LogP contribution in [0.5, 0.6) is 0 Å². The van der Waals surface area contributed by atoms with E-state index in [1.54, 1.807) is 6.92 Å². The molecule has 0 aliphatic carbocycles. The van der Waals surface area contributed by atoms with Crippen LogP contribution in [-0.4, -0.2) is 11.8 Å². The summed E-state index contributed by atoms with van der Waals surface area (Å²) >= 11 is 0. The van der Waals surface area contributed by atoms with Crippen LogP contribution in [0.2, 0.25) is 0 Å². The quantitative estimate of drug-likeness (QED) is 0.826. The molecule has 0 bridgehead atoms. The third-order valence-electron chi connectivity index (χ3n) is 3.58. The van der Waals surface area contributed by atoms with Crippen molar-refractivity contribution in [3.8, 4) is 0 Å². The molecule has 0 heterocycles. The van der Waals surface area contributed by atoms with Gasteiger partial charge in [0.15, 0.2) is 0 Å². The predicted molar refractivity (Wildman–Crippen MR) is 90.4 cm³/mol. The van der Waals surface area contributed by atoms with Crippen LogP contribution in [0.15, 0.2) is 60.7 Å². The Morgan fingerprint density at radius 1 is 0.826 bits per heavy atom. The fraction of sp³-hybridized carbons (Fsp3) is 0.263. The smallest absolute Gasteiger partial charge is 0.223 e. The van der Waals surface area contributed by atoms with Crippen molar-refractivity contribution in [2.45, 2.75) is 26.4 Å². The number of benzene rings is 2. The van der Waals surface area contributed by atoms with E-state index in [0.717, 1.165) is 11.1 Å². The lowest BCUT2D eigenvalue weighted by Gasteiger charge is -2.12. The lowest BCUT2D eigenvalue weighted by atomic mass is 10.1. The first-order chi connectivity index (χ1) is 11.1. The molecule has 0 saturated heterocycles. The summed E-state index contributed by atoms with van der Waals surface area (Å²) in [5.74, 6) is -0.575. The predicted octanol–water partition coefficient (Wildman–Crippen LogP) is 2.65. The standard InChI is InChI=1S/C19H22N2O2/c1-15(19(23)21-14-17-10-6-3-7-11-17)12-18(22)20-13-16-8-4-2-5-9-16/h2-11,15H,12-14H2,1H3,(H,20,22)(H,21,23). The topological polar surface area (TPSA) is 58.2 Å². The molecule has 4 heteroatoms. The molecule has 4 nitrogen and oxygen atoms in total. The minimum absolute atomic E-state index is 0.108. The second kappa shape index (κ2) is 8.73. The Bertz CT molecular complexity index is 626. The van der Waals surface area contributed by atoms with Crippen molar-refractivity contribution in [1.82, 2.24) is 10.6 Å². The molecular formula is C19H22N2O2. The minimum Gasteiger partial charge on any atom is -0.352 e. The Labute approximate surface area is 136 Å². The van der Waals surface area contributed by atoms with Crippen molar-refractivity contribution >= 4 is 11.8 Å². The summed E-state index contributed by atoms with van der Waals surface area (Å²) in [4.78, 5) is 23.9. The van der Waals surface area contributed by atoms with Crippen LogP contribution in [0, 0.1) is 5.92 Å². The summed E-state index contributed by atoms with van der Waals surface area (Å²) < 4.78 is 0. The molecule has 2 N–H and O–H groups in total. The van der Waals surface area contributed by atoms with E-state index in [4.69, 9.17) is 0 Å². The lowest BCUT2D eigenvalue weighted by molar-refractivity contribution is -0.129. The summed E-state index contributed by atoms with van der Waals surface area (Å²) in [6.07, 6.45) is 0.188. The van der Waals surface area contributed by atoms with Crippen molar-refractivity contribution in [1.29, 1.82) is 0 Å². The minimum atomic E-state index is -0.352. The van der Waals surface area contributed by atoms with Crippen LogP contribution in [0.3, 0.4) is 0 Å². The summed E-state index contributed by atoms with van der Waals surface area (Å²) in [6.45, 7) is 2.73. The molecule has 0 spiro atoms. The van der Waals surface area contributed by atoms with E-state index in [1.165, 1.54) is 0 Å². The van der Waals surface area contributed by atoms with Gasteiger partial charge < -0.3 is 10.6 Å². The normalized spacial score (nSPS) is 11.5. The number of hydrogen-bond donors (Lipinski definition) is 2. The number of amides is 2. The Morgan fingerprint density at radius 3 is 1.83 bits per heavy atom. The van der Waals surface area contributed by atoms with Crippen LogP contribution in [0.25, 0.3) is 0 Å². The number of rotatable bonds is 7. The van der Waals surface area contributed by atoms with Gasteiger partial charge in [-0.25, -0.2) is 0 Å². The summed E-state index contributed by atoms with van der Waals surface area (Å²) in [7, 11) is 0. The van der Waals surface area contributed by atoms with Gasteiger partial charge in [-0.1, -0.05) is 67.6 Å². The molecule has 120 valence electrons. The fourth-order valence-electron chi connectivity index (χ4n) is 2.20. The maximum absolute atomic E-state index is 12.0. The van der Waals surface area contributed by atoms with Gasteiger partial charge in [-0.3, -0.25) is 9.59 Å². The lowest BCUT2D eigenvalue weighted by Crippen LogP contribution is -2.33. The highest BCUT2D eigenvalue weighted by molar-refractivity contribution is 5.85. The maximum atomic E-state index is 12.0. The van der Waals surface area contributed by atoms with Crippen LogP contribution in [0.1, 0.15) is 24.5 Å². The zero-order valence-electron chi connectivity index (χ0n) is 13.3. The SMILES string of the molecule is CC(CC(=O)NCc1ccccc1)C(=O)NCc1ccccc1. The first-order valence-corrected chi connectivity index (χ1v) is 7.77. The fourth-order valence-corrected chi connectivity index (χ4v) is 2.20. The van der Waals surface area contributed by atoms with E-state index in [9.17, 15) is 9.59 Å². The molecule has 2 amide bonds. The highest BCUT2D eigenvalue weighted by Crippen LogP contribution is 2.05. The molecule has 2 aromatic carbocycles. The van der Waals surface area contributed by atoms with Gasteiger partial charge >= 0.3 is 0 Å². The molecule has 23 heavy (non-hydrogen) atoms. The van der Waals surface area contributed by atoms with Gasteiger partial charge in [0.2, 0.25) is 11.8 Å². The molecule has 0 radical (unpaired) electrons. The van der Waals surface area contributed by atoms with Crippen molar-refractivity contribution in [3.05, 3.63) is 71.8 Å². The van der Waals surface area contributed by atoms with E-state index in [2.05, 4.69) is 10.6 Å². The summed E-state index contributed by atoms with van der Waals surface area (Å²) in [5.41, 5.74) is 2.09. The first kappa shape index (κ1) is 16.7. The van der Waals surface area contributed by atoms with E-state index in [1.807, 2.05) is 60.7 Å². The van der Waals surface area contributed by atoms with Gasteiger partial charge in [0.05, 0.1) is 0 Å². The van der Waals surface area contributed by atoms with Crippen molar-refractivity contribution in [2.24, 2.45) is 5.92 Å². The largest absolute Gasteiger partial charge is 0.352 e. The van der Waals surface area contributed by atoms with Crippen LogP contribution in [-0.2, 0) is 22.7 Å². The monoisotopic (exact) mass is 310 g/mol. The van der Waals surface area contributed by atoms with Gasteiger partial charge in [-0.05, 0) is 11.1 Å². The molecule has 0 aliphatic rings. The van der Waals surface area contributed by atoms with Gasteiger partial charge in [-0.2, -0.15) is 0 Å². The molecule has 0 aliphatic heterocycles. The third-order valence-corrected chi connectivity index (χ3v) is 3.58. The number of carbonyl (C=O) groups excluding carboxylic acids is 2. The second-order valence-electron chi connectivity index (χ2n) is 5.57. The number of hydrogen-bond acceptors (Lipinski definition) is 2. The maximum Gasteiger partial charge on any atom is 0.223 e. The van der Waals surface area contributed by atoms with E-state index < -0.39 is 0 Å². The van der Waals surface area contributed by atoms with Gasteiger partial charge in [0.1, 0.15) is 0 Å². The second-order valence-corrected chi connectivity index (χ2v) is 5.57. The molecule has 0 aromatic heterocycles. The highest BCUT2D eigenvalue weighted by atomic mass is 16.2. The van der Waals surface area contributed by atoms with E-state index in [0.29, 0.717) is 13.1 Å². The molecular weight excluding hydrogens is 288 g/mol. The zero-order valence-corrected chi connectivity index (χ0v) is 13.3. The van der Waals surface area contributed by atoms with Gasteiger partial charge in [0.25, 0.3) is 0 Å². The molecule has 1 atom stereocenters. The molecule has 0 fully saturated rings. The van der Waals surface area contributed by atoms with Crippen LogP contribution < -0.4 is 10.6 Å². The van der Waals surface area contributed by atoms with E-state index in [-0.39, 0.29) is 24.2 Å². The third kappa shape index (κ3) is 5.94. The number of carbonyl (C=O) groups is 2. The van der Waals surface area contributed by atoms with Crippen molar-refractivity contribution < 1.29 is 9.59 Å². The molecule has 2 aromatic rings. The summed E-state index contributed by atoms with van der Waals surface area (Å²) in [6, 6.07) is 19.4. The zero-order chi connectivity index (χ0) is 16.5. The van der Waals surface area contributed by atoms with Crippen LogP contribution >= 0.6 is 0 Å². The van der Waals surface area contributed by atoms with Crippen molar-refractivity contribution in [2.75, 3.05) is 0 Å². The molecule has 0 saturated carbocycles. The Kier molecular flexibility index (Phi) is 6.36. The Balaban J connectivity index is 1.71. The highest BCUT2D eigenvalue weighted by Gasteiger charge is 2.16. The molecule has 2 rings (SSSR count). The summed E-state index contributed by atoms with van der Waals surface area (Å²) in [5, 5.41) is 5.70. The van der Waals surface area contributed by atoms with Crippen LogP contribution in [0.4, 0.5) is 0 Å². The average Bonchev–Trinajstić information content (AvgIpc) is 2.59. The Hall–Kier alpha value is -2.62. The molecule has 1 unspecified atom stereocenters. The van der Waals surface area contributed by atoms with Crippen molar-refractivity contribution in [3.63, 3.8) is 0 Å².